The van der Waals surface area contributed by atoms with E-state index in [9.17, 15) is 4.79 Å². The number of thiophene rings is 1. The lowest BCUT2D eigenvalue weighted by molar-refractivity contribution is -0.133. The summed E-state index contributed by atoms with van der Waals surface area (Å²) >= 11 is 2.81. The Labute approximate surface area is 148 Å². The van der Waals surface area contributed by atoms with Crippen LogP contribution in [0.5, 0.6) is 0 Å². The van der Waals surface area contributed by atoms with Crippen molar-refractivity contribution >= 4 is 29.1 Å². The van der Waals surface area contributed by atoms with Gasteiger partial charge in [-0.25, -0.2) is 0 Å². The lowest BCUT2D eigenvalue weighted by Crippen LogP contribution is -2.11. The fourth-order valence-electron chi connectivity index (χ4n) is 2.49. The van der Waals surface area contributed by atoms with E-state index in [4.69, 9.17) is 5.11 Å². The summed E-state index contributed by atoms with van der Waals surface area (Å²) in [6.07, 6.45) is 0. The van der Waals surface area contributed by atoms with Gasteiger partial charge in [0.15, 0.2) is 11.0 Å². The second-order valence-corrected chi connectivity index (χ2v) is 7.24. The van der Waals surface area contributed by atoms with Crippen molar-refractivity contribution in [1.29, 1.82) is 0 Å². The number of nitrogens with zero attached hydrogens (tertiary/aromatic N) is 3. The minimum atomic E-state index is -0.865. The first-order valence-electron chi connectivity index (χ1n) is 7.47. The standard InChI is InChI=1S/C17H17N3O2S2/c1-11-8-9-23-15(11)16-18-19-17(24-10-14(21)22)20(16)12(2)13-6-4-3-5-7-13/h3-9,12H,10H2,1-2H3,(H,21,22)/t12-/m0/s1. The summed E-state index contributed by atoms with van der Waals surface area (Å²) < 4.78 is 2.03. The number of hydrogen-bond acceptors (Lipinski definition) is 5. The molecule has 1 atom stereocenters. The zero-order chi connectivity index (χ0) is 17.1. The van der Waals surface area contributed by atoms with Gasteiger partial charge in [-0.05, 0) is 36.4 Å². The maximum atomic E-state index is 10.9. The van der Waals surface area contributed by atoms with Crippen molar-refractivity contribution in [3.8, 4) is 10.7 Å². The fourth-order valence-corrected chi connectivity index (χ4v) is 4.13. The quantitative estimate of drug-likeness (QED) is 0.671. The fraction of sp³-hybridized carbons (Fsp3) is 0.235. The molecule has 0 fully saturated rings. The third-order valence-corrected chi connectivity index (χ3v) is 5.66. The highest BCUT2D eigenvalue weighted by Gasteiger charge is 2.22. The van der Waals surface area contributed by atoms with Gasteiger partial charge in [0.1, 0.15) is 0 Å². The largest absolute Gasteiger partial charge is 0.481 e. The highest BCUT2D eigenvalue weighted by atomic mass is 32.2. The highest BCUT2D eigenvalue weighted by Crippen LogP contribution is 2.34. The first-order valence-corrected chi connectivity index (χ1v) is 9.33. The molecule has 0 amide bonds. The number of carboxylic acid groups (broad SMARTS) is 1. The number of rotatable bonds is 6. The van der Waals surface area contributed by atoms with Crippen LogP contribution in [0.2, 0.25) is 0 Å². The summed E-state index contributed by atoms with van der Waals surface area (Å²) in [4.78, 5) is 12.0. The molecule has 124 valence electrons. The van der Waals surface area contributed by atoms with Crippen LogP contribution in [0, 0.1) is 6.92 Å². The van der Waals surface area contributed by atoms with Crippen molar-refractivity contribution in [2.24, 2.45) is 0 Å². The van der Waals surface area contributed by atoms with Gasteiger partial charge >= 0.3 is 5.97 Å². The molecule has 7 heteroatoms. The van der Waals surface area contributed by atoms with Gasteiger partial charge in [0.25, 0.3) is 0 Å². The lowest BCUT2D eigenvalue weighted by Gasteiger charge is -2.18. The molecule has 1 aromatic carbocycles. The molecule has 5 nitrogen and oxygen atoms in total. The van der Waals surface area contributed by atoms with E-state index < -0.39 is 5.97 Å². The molecule has 3 rings (SSSR count). The van der Waals surface area contributed by atoms with Crippen LogP contribution >= 0.6 is 23.1 Å². The molecule has 0 saturated carbocycles. The van der Waals surface area contributed by atoms with Crippen LogP contribution < -0.4 is 0 Å². The number of aryl methyl sites for hydroxylation is 1. The normalized spacial score (nSPS) is 12.2. The summed E-state index contributed by atoms with van der Waals surface area (Å²) in [5.41, 5.74) is 2.27. The van der Waals surface area contributed by atoms with E-state index in [1.807, 2.05) is 35.1 Å². The Morgan fingerprint density at radius 2 is 2.04 bits per heavy atom. The van der Waals surface area contributed by atoms with Gasteiger partial charge in [-0.2, -0.15) is 0 Å². The van der Waals surface area contributed by atoms with Crippen molar-refractivity contribution < 1.29 is 9.90 Å². The average molecular weight is 359 g/mol. The van der Waals surface area contributed by atoms with Crippen molar-refractivity contribution in [2.75, 3.05) is 5.75 Å². The molecular formula is C17H17N3O2S2. The molecule has 24 heavy (non-hydrogen) atoms. The van der Waals surface area contributed by atoms with Crippen molar-refractivity contribution in [3.05, 3.63) is 52.9 Å². The summed E-state index contributed by atoms with van der Waals surface area (Å²) in [7, 11) is 0. The maximum Gasteiger partial charge on any atom is 0.313 e. The average Bonchev–Trinajstić information content (AvgIpc) is 3.18. The predicted molar refractivity (Wildman–Crippen MR) is 96.7 cm³/mol. The number of carbonyl (C=O) groups is 1. The summed E-state index contributed by atoms with van der Waals surface area (Å²) in [5, 5.41) is 20.2. The molecular weight excluding hydrogens is 342 g/mol. The third-order valence-electron chi connectivity index (χ3n) is 3.72. The molecule has 1 N–H and O–H groups in total. The third kappa shape index (κ3) is 3.37. The zero-order valence-corrected chi connectivity index (χ0v) is 15.0. The lowest BCUT2D eigenvalue weighted by atomic mass is 10.1. The highest BCUT2D eigenvalue weighted by molar-refractivity contribution is 7.99. The number of carboxylic acids is 1. The smallest absolute Gasteiger partial charge is 0.313 e. The Morgan fingerprint density at radius 3 is 2.67 bits per heavy atom. The van der Waals surface area contributed by atoms with Gasteiger partial charge in [0.05, 0.1) is 16.7 Å². The summed E-state index contributed by atoms with van der Waals surface area (Å²) in [6.45, 7) is 4.12. The molecule has 0 aliphatic rings. The Kier molecular flexibility index (Phi) is 5.01. The van der Waals surface area contributed by atoms with Crippen LogP contribution in [0.15, 0.2) is 46.9 Å². The second-order valence-electron chi connectivity index (χ2n) is 5.38. The van der Waals surface area contributed by atoms with E-state index in [1.165, 1.54) is 11.8 Å². The van der Waals surface area contributed by atoms with E-state index in [1.54, 1.807) is 11.3 Å². The Balaban J connectivity index is 2.07. The molecule has 0 aliphatic carbocycles. The molecule has 0 aliphatic heterocycles. The minimum absolute atomic E-state index is 0.00833. The van der Waals surface area contributed by atoms with Gasteiger partial charge in [0.2, 0.25) is 0 Å². The molecule has 0 unspecified atom stereocenters. The molecule has 0 spiro atoms. The topological polar surface area (TPSA) is 68.0 Å². The predicted octanol–water partition coefficient (Wildman–Crippen LogP) is 4.10. The summed E-state index contributed by atoms with van der Waals surface area (Å²) in [5.74, 6) is -0.120. The van der Waals surface area contributed by atoms with Crippen LogP contribution in [0.3, 0.4) is 0 Å². The molecule has 0 bridgehead atoms. The Morgan fingerprint density at radius 1 is 1.29 bits per heavy atom. The van der Waals surface area contributed by atoms with Crippen molar-refractivity contribution in [1.82, 2.24) is 14.8 Å². The molecule has 2 aromatic heterocycles. The van der Waals surface area contributed by atoms with Crippen LogP contribution in [0.25, 0.3) is 10.7 Å². The van der Waals surface area contributed by atoms with E-state index in [-0.39, 0.29) is 11.8 Å². The van der Waals surface area contributed by atoms with Gasteiger partial charge < -0.3 is 5.11 Å². The number of hydrogen-bond donors (Lipinski definition) is 1. The van der Waals surface area contributed by atoms with Crippen LogP contribution in [0.4, 0.5) is 0 Å². The van der Waals surface area contributed by atoms with Crippen LogP contribution in [0.1, 0.15) is 24.1 Å². The second kappa shape index (κ2) is 7.19. The minimum Gasteiger partial charge on any atom is -0.481 e. The van der Waals surface area contributed by atoms with Gasteiger partial charge in [0, 0.05) is 0 Å². The Bertz CT molecular complexity index is 843. The van der Waals surface area contributed by atoms with E-state index in [2.05, 4.69) is 35.3 Å². The summed E-state index contributed by atoms with van der Waals surface area (Å²) in [6, 6.07) is 12.1. The van der Waals surface area contributed by atoms with Crippen molar-refractivity contribution in [2.45, 2.75) is 25.0 Å². The molecule has 3 aromatic rings. The number of aromatic nitrogens is 3. The first kappa shape index (κ1) is 16.7. The molecule has 0 radical (unpaired) electrons. The van der Waals surface area contributed by atoms with Gasteiger partial charge in [-0.3, -0.25) is 9.36 Å². The molecule has 0 saturated heterocycles. The SMILES string of the molecule is Cc1ccsc1-c1nnc(SCC(=O)O)n1[C@@H](C)c1ccccc1. The van der Waals surface area contributed by atoms with Crippen LogP contribution in [-0.2, 0) is 4.79 Å². The van der Waals surface area contributed by atoms with Gasteiger partial charge in [-0.15, -0.1) is 21.5 Å². The van der Waals surface area contributed by atoms with E-state index in [0.717, 1.165) is 21.8 Å². The Hall–Kier alpha value is -2.12. The van der Waals surface area contributed by atoms with Crippen LogP contribution in [-0.4, -0.2) is 31.6 Å². The van der Waals surface area contributed by atoms with E-state index in [0.29, 0.717) is 5.16 Å². The number of benzene rings is 1. The van der Waals surface area contributed by atoms with Gasteiger partial charge in [-0.1, -0.05) is 42.1 Å². The maximum absolute atomic E-state index is 10.9. The zero-order valence-electron chi connectivity index (χ0n) is 13.3. The molecule has 2 heterocycles. The number of thioether (sulfide) groups is 1. The van der Waals surface area contributed by atoms with E-state index >= 15 is 0 Å². The van der Waals surface area contributed by atoms with Crippen molar-refractivity contribution in [3.63, 3.8) is 0 Å². The first-order chi connectivity index (χ1) is 11.6. The monoisotopic (exact) mass is 359 g/mol. The number of aliphatic carboxylic acids is 1.